The first-order valence-electron chi connectivity index (χ1n) is 7.85. The maximum atomic E-state index is 5.79. The molecule has 0 bridgehead atoms. The van der Waals surface area contributed by atoms with Gasteiger partial charge < -0.3 is 10.1 Å². The Morgan fingerprint density at radius 2 is 2.00 bits per heavy atom. The van der Waals surface area contributed by atoms with E-state index in [1.54, 1.807) is 5.57 Å². The Hall–Kier alpha value is -1.02. The summed E-state index contributed by atoms with van der Waals surface area (Å²) in [6.45, 7) is 1.99. The van der Waals surface area contributed by atoms with Crippen LogP contribution in [0.4, 0.5) is 0 Å². The Balaban J connectivity index is 1.56. The zero-order valence-electron chi connectivity index (χ0n) is 11.5. The third-order valence-electron chi connectivity index (χ3n) is 5.28. The summed E-state index contributed by atoms with van der Waals surface area (Å²) in [4.78, 5) is 0. The molecule has 0 radical (unpaired) electrons. The first kappa shape index (κ1) is 11.8. The molecular formula is C17H23NO. The summed E-state index contributed by atoms with van der Waals surface area (Å²) >= 11 is 0. The van der Waals surface area contributed by atoms with Crippen LogP contribution in [0.5, 0.6) is 0 Å². The third-order valence-corrected chi connectivity index (χ3v) is 5.28. The molecule has 2 heterocycles. The van der Waals surface area contributed by atoms with Crippen LogP contribution in [0.2, 0.25) is 0 Å². The predicted octanol–water partition coefficient (Wildman–Crippen LogP) is 3.18. The maximum Gasteiger partial charge on any atom is 0.0981 e. The number of ether oxygens (including phenoxy) is 1. The van der Waals surface area contributed by atoms with E-state index >= 15 is 0 Å². The van der Waals surface area contributed by atoms with Crippen LogP contribution in [-0.4, -0.2) is 19.2 Å². The van der Waals surface area contributed by atoms with Gasteiger partial charge >= 0.3 is 0 Å². The van der Waals surface area contributed by atoms with Crippen LogP contribution in [-0.2, 0) is 4.74 Å². The van der Waals surface area contributed by atoms with Gasteiger partial charge in [-0.15, -0.1) is 0 Å². The molecule has 0 saturated carbocycles. The molecular weight excluding hydrogens is 234 g/mol. The molecule has 0 amide bonds. The SMILES string of the molecule is C1=CC2CC(C3NCCC4=C3CCO4)C=CC2CC1. The number of rotatable bonds is 1. The average molecular weight is 257 g/mol. The summed E-state index contributed by atoms with van der Waals surface area (Å²) in [6, 6.07) is 0.541. The minimum Gasteiger partial charge on any atom is -0.498 e. The molecule has 102 valence electrons. The molecule has 1 N–H and O–H groups in total. The lowest BCUT2D eigenvalue weighted by Gasteiger charge is -2.38. The summed E-state index contributed by atoms with van der Waals surface area (Å²) in [5.74, 6) is 3.55. The molecule has 2 heteroatoms. The van der Waals surface area contributed by atoms with Crippen LogP contribution >= 0.6 is 0 Å². The Kier molecular flexibility index (Phi) is 2.99. The quantitative estimate of drug-likeness (QED) is 0.728. The van der Waals surface area contributed by atoms with Crippen molar-refractivity contribution in [1.82, 2.24) is 5.32 Å². The molecule has 2 nitrogen and oxygen atoms in total. The van der Waals surface area contributed by atoms with Gasteiger partial charge in [-0.3, -0.25) is 0 Å². The highest BCUT2D eigenvalue weighted by Crippen LogP contribution is 2.40. The molecule has 4 rings (SSSR count). The van der Waals surface area contributed by atoms with Gasteiger partial charge in [-0.1, -0.05) is 24.3 Å². The van der Waals surface area contributed by atoms with Gasteiger partial charge in [0.1, 0.15) is 0 Å². The maximum absolute atomic E-state index is 5.79. The Morgan fingerprint density at radius 1 is 1.05 bits per heavy atom. The van der Waals surface area contributed by atoms with E-state index in [0.717, 1.165) is 37.8 Å². The van der Waals surface area contributed by atoms with Crippen molar-refractivity contribution in [3.63, 3.8) is 0 Å². The summed E-state index contributed by atoms with van der Waals surface area (Å²) in [5.41, 5.74) is 1.57. The van der Waals surface area contributed by atoms with Gasteiger partial charge in [0.15, 0.2) is 0 Å². The minimum absolute atomic E-state index is 0.541. The van der Waals surface area contributed by atoms with Crippen LogP contribution < -0.4 is 5.32 Å². The molecule has 4 unspecified atom stereocenters. The fourth-order valence-electron chi connectivity index (χ4n) is 4.29. The van der Waals surface area contributed by atoms with Gasteiger partial charge in [0.25, 0.3) is 0 Å². The molecule has 2 aliphatic heterocycles. The number of fused-ring (bicyclic) bond motifs is 1. The molecule has 0 saturated heterocycles. The van der Waals surface area contributed by atoms with E-state index in [1.165, 1.54) is 25.0 Å². The lowest BCUT2D eigenvalue weighted by atomic mass is 9.71. The van der Waals surface area contributed by atoms with Crippen molar-refractivity contribution in [3.8, 4) is 0 Å². The number of nitrogens with one attached hydrogen (secondary N) is 1. The predicted molar refractivity (Wildman–Crippen MR) is 76.6 cm³/mol. The van der Waals surface area contributed by atoms with E-state index in [0.29, 0.717) is 12.0 Å². The first-order valence-corrected chi connectivity index (χ1v) is 7.85. The Bertz CT molecular complexity index is 448. The molecule has 4 atom stereocenters. The monoisotopic (exact) mass is 257 g/mol. The third kappa shape index (κ3) is 2.06. The second kappa shape index (κ2) is 4.82. The van der Waals surface area contributed by atoms with Crippen LogP contribution in [0.25, 0.3) is 0 Å². The van der Waals surface area contributed by atoms with Gasteiger partial charge in [-0.05, 0) is 42.6 Å². The fraction of sp³-hybridized carbons (Fsp3) is 0.647. The van der Waals surface area contributed by atoms with E-state index in [9.17, 15) is 0 Å². The van der Waals surface area contributed by atoms with E-state index in [2.05, 4.69) is 29.6 Å². The number of allylic oxidation sites excluding steroid dienone is 3. The largest absolute Gasteiger partial charge is 0.498 e. The normalized spacial score (nSPS) is 40.8. The number of hydrogen-bond acceptors (Lipinski definition) is 2. The van der Waals surface area contributed by atoms with Gasteiger partial charge in [0.2, 0.25) is 0 Å². The molecule has 0 aromatic rings. The summed E-state index contributed by atoms with van der Waals surface area (Å²) < 4.78 is 5.79. The molecule has 4 aliphatic rings. The van der Waals surface area contributed by atoms with E-state index < -0.39 is 0 Å². The Labute approximate surface area is 115 Å². The summed E-state index contributed by atoms with van der Waals surface area (Å²) in [5, 5.41) is 3.74. The van der Waals surface area contributed by atoms with Crippen molar-refractivity contribution in [2.24, 2.45) is 17.8 Å². The topological polar surface area (TPSA) is 21.3 Å². The van der Waals surface area contributed by atoms with Crippen LogP contribution in [0.3, 0.4) is 0 Å². The van der Waals surface area contributed by atoms with Crippen molar-refractivity contribution in [3.05, 3.63) is 35.6 Å². The standard InChI is InChI=1S/C17H23NO/c1-2-4-13-11-14(6-5-12(13)3-1)17-15-8-10-19-16(15)7-9-18-17/h2,4-6,12-14,17-18H,1,3,7-11H2. The highest BCUT2D eigenvalue weighted by molar-refractivity contribution is 5.26. The van der Waals surface area contributed by atoms with E-state index in [1.807, 2.05) is 0 Å². The fourth-order valence-corrected chi connectivity index (χ4v) is 4.29. The van der Waals surface area contributed by atoms with Crippen molar-refractivity contribution in [1.29, 1.82) is 0 Å². The smallest absolute Gasteiger partial charge is 0.0981 e. The second-order valence-corrected chi connectivity index (χ2v) is 6.35. The highest BCUT2D eigenvalue weighted by atomic mass is 16.5. The van der Waals surface area contributed by atoms with Crippen LogP contribution in [0.1, 0.15) is 32.1 Å². The molecule has 2 aliphatic carbocycles. The zero-order valence-corrected chi connectivity index (χ0v) is 11.5. The number of hydrogen-bond donors (Lipinski definition) is 1. The zero-order chi connectivity index (χ0) is 12.7. The van der Waals surface area contributed by atoms with Crippen LogP contribution in [0, 0.1) is 17.8 Å². The minimum atomic E-state index is 0.541. The first-order chi connectivity index (χ1) is 9.42. The molecule has 0 spiro atoms. The van der Waals surface area contributed by atoms with E-state index in [4.69, 9.17) is 4.74 Å². The molecule has 19 heavy (non-hydrogen) atoms. The summed E-state index contributed by atoms with van der Waals surface area (Å²) in [7, 11) is 0. The lowest BCUT2D eigenvalue weighted by Crippen LogP contribution is -2.42. The van der Waals surface area contributed by atoms with Crippen molar-refractivity contribution in [2.45, 2.75) is 38.1 Å². The molecule has 0 fully saturated rings. The summed E-state index contributed by atoms with van der Waals surface area (Å²) in [6.07, 6.45) is 16.0. The van der Waals surface area contributed by atoms with Gasteiger partial charge in [-0.25, -0.2) is 0 Å². The van der Waals surface area contributed by atoms with Crippen LogP contribution in [0.15, 0.2) is 35.6 Å². The van der Waals surface area contributed by atoms with Gasteiger partial charge in [-0.2, -0.15) is 0 Å². The molecule has 0 aromatic heterocycles. The van der Waals surface area contributed by atoms with Crippen molar-refractivity contribution in [2.75, 3.05) is 13.2 Å². The van der Waals surface area contributed by atoms with Gasteiger partial charge in [0.05, 0.1) is 12.4 Å². The van der Waals surface area contributed by atoms with Gasteiger partial charge in [0, 0.05) is 25.4 Å². The lowest BCUT2D eigenvalue weighted by molar-refractivity contribution is 0.227. The van der Waals surface area contributed by atoms with E-state index in [-0.39, 0.29) is 0 Å². The Morgan fingerprint density at radius 3 is 3.00 bits per heavy atom. The van der Waals surface area contributed by atoms with Crippen molar-refractivity contribution < 1.29 is 4.74 Å². The molecule has 0 aromatic carbocycles. The van der Waals surface area contributed by atoms with Crippen molar-refractivity contribution >= 4 is 0 Å². The second-order valence-electron chi connectivity index (χ2n) is 6.35. The highest BCUT2D eigenvalue weighted by Gasteiger charge is 2.35. The average Bonchev–Trinajstić information content (AvgIpc) is 2.95.